The van der Waals surface area contributed by atoms with Crippen LogP contribution in [0, 0.1) is 11.3 Å². The lowest BCUT2D eigenvalue weighted by atomic mass is 10.2. The van der Waals surface area contributed by atoms with Gasteiger partial charge in [0, 0.05) is 24.3 Å². The molecular formula is C16H17Cl2N3O2. The topological polar surface area (TPSA) is 65.4 Å². The van der Waals surface area contributed by atoms with Crippen LogP contribution in [-0.2, 0) is 9.53 Å². The average Bonchev–Trinajstić information content (AvgIpc) is 2.50. The van der Waals surface area contributed by atoms with Crippen molar-refractivity contribution in [3.63, 3.8) is 0 Å². The number of hydrogen-bond acceptors (Lipinski definition) is 4. The SMILES string of the molecule is CC1CN(C(=O)/C(C#N)=C\Nc2cc(Cl)ccc2Cl)CC(C)O1. The summed E-state index contributed by atoms with van der Waals surface area (Å²) in [5.74, 6) is -0.333. The van der Waals surface area contributed by atoms with Gasteiger partial charge in [-0.15, -0.1) is 0 Å². The second-order valence-corrected chi connectivity index (χ2v) is 6.25. The predicted molar refractivity (Wildman–Crippen MR) is 90.4 cm³/mol. The maximum atomic E-state index is 12.5. The number of amides is 1. The van der Waals surface area contributed by atoms with Gasteiger partial charge in [0.15, 0.2) is 0 Å². The highest BCUT2D eigenvalue weighted by molar-refractivity contribution is 6.35. The number of carbonyl (C=O) groups is 1. The van der Waals surface area contributed by atoms with Gasteiger partial charge in [0.05, 0.1) is 22.9 Å². The summed E-state index contributed by atoms with van der Waals surface area (Å²) in [7, 11) is 0. The fourth-order valence-electron chi connectivity index (χ4n) is 2.41. The fourth-order valence-corrected chi connectivity index (χ4v) is 2.76. The Balaban J connectivity index is 2.14. The van der Waals surface area contributed by atoms with E-state index in [9.17, 15) is 10.1 Å². The van der Waals surface area contributed by atoms with Crippen molar-refractivity contribution in [2.75, 3.05) is 18.4 Å². The molecule has 1 N–H and O–H groups in total. The molecule has 5 nitrogen and oxygen atoms in total. The minimum Gasteiger partial charge on any atom is -0.372 e. The molecule has 0 saturated carbocycles. The lowest BCUT2D eigenvalue weighted by Gasteiger charge is -2.35. The molecule has 1 aromatic carbocycles. The van der Waals surface area contributed by atoms with E-state index in [1.807, 2.05) is 19.9 Å². The molecular weight excluding hydrogens is 337 g/mol. The number of nitrogens with zero attached hydrogens (tertiary/aromatic N) is 2. The van der Waals surface area contributed by atoms with Crippen LogP contribution in [0.25, 0.3) is 0 Å². The van der Waals surface area contributed by atoms with Gasteiger partial charge >= 0.3 is 0 Å². The molecule has 2 unspecified atom stereocenters. The van der Waals surface area contributed by atoms with Crippen LogP contribution in [-0.4, -0.2) is 36.1 Å². The molecule has 2 atom stereocenters. The molecule has 122 valence electrons. The smallest absolute Gasteiger partial charge is 0.266 e. The number of rotatable bonds is 3. The van der Waals surface area contributed by atoms with Crippen molar-refractivity contribution < 1.29 is 9.53 Å². The van der Waals surface area contributed by atoms with E-state index in [0.29, 0.717) is 28.8 Å². The number of anilines is 1. The fraction of sp³-hybridized carbons (Fsp3) is 0.375. The zero-order valence-corrected chi connectivity index (χ0v) is 14.4. The number of hydrogen-bond donors (Lipinski definition) is 1. The monoisotopic (exact) mass is 353 g/mol. The molecule has 1 aliphatic rings. The molecule has 0 bridgehead atoms. The van der Waals surface area contributed by atoms with Crippen LogP contribution in [0.3, 0.4) is 0 Å². The molecule has 1 aliphatic heterocycles. The van der Waals surface area contributed by atoms with Crippen molar-refractivity contribution in [2.24, 2.45) is 0 Å². The maximum absolute atomic E-state index is 12.5. The molecule has 7 heteroatoms. The van der Waals surface area contributed by atoms with Crippen molar-refractivity contribution in [1.29, 1.82) is 5.26 Å². The minimum atomic E-state index is -0.333. The quantitative estimate of drug-likeness (QED) is 0.667. The summed E-state index contributed by atoms with van der Waals surface area (Å²) in [5.41, 5.74) is 0.533. The lowest BCUT2D eigenvalue weighted by Crippen LogP contribution is -2.48. The number of nitrogens with one attached hydrogen (secondary N) is 1. The van der Waals surface area contributed by atoms with Crippen LogP contribution < -0.4 is 5.32 Å². The number of nitriles is 1. The first-order chi connectivity index (χ1) is 10.9. The Hall–Kier alpha value is -1.74. The summed E-state index contributed by atoms with van der Waals surface area (Å²) in [6.45, 7) is 4.71. The Labute approximate surface area is 145 Å². The van der Waals surface area contributed by atoms with Crippen molar-refractivity contribution in [3.05, 3.63) is 40.0 Å². The van der Waals surface area contributed by atoms with Crippen molar-refractivity contribution in [2.45, 2.75) is 26.1 Å². The summed E-state index contributed by atoms with van der Waals surface area (Å²) in [5, 5.41) is 13.1. The van der Waals surface area contributed by atoms with E-state index in [2.05, 4.69) is 5.32 Å². The van der Waals surface area contributed by atoms with E-state index in [1.165, 1.54) is 6.20 Å². The van der Waals surface area contributed by atoms with E-state index in [-0.39, 0.29) is 23.7 Å². The molecule has 2 rings (SSSR count). The van der Waals surface area contributed by atoms with Crippen molar-refractivity contribution >= 4 is 34.8 Å². The lowest BCUT2D eigenvalue weighted by molar-refractivity contribution is -0.138. The maximum Gasteiger partial charge on any atom is 0.266 e. The molecule has 1 amide bonds. The summed E-state index contributed by atoms with van der Waals surface area (Å²) in [6.07, 6.45) is 1.24. The van der Waals surface area contributed by atoms with Crippen LogP contribution in [0.15, 0.2) is 30.0 Å². The van der Waals surface area contributed by atoms with Crippen molar-refractivity contribution in [1.82, 2.24) is 4.90 Å². The Morgan fingerprint density at radius 1 is 1.39 bits per heavy atom. The second kappa shape index (κ2) is 7.69. The largest absolute Gasteiger partial charge is 0.372 e. The van der Waals surface area contributed by atoms with E-state index < -0.39 is 0 Å². The average molecular weight is 354 g/mol. The van der Waals surface area contributed by atoms with E-state index in [0.717, 1.165) is 0 Å². The zero-order valence-electron chi connectivity index (χ0n) is 12.8. The van der Waals surface area contributed by atoms with Gasteiger partial charge in [-0.2, -0.15) is 5.26 Å². The first kappa shape index (κ1) is 17.6. The van der Waals surface area contributed by atoms with Gasteiger partial charge in [0.1, 0.15) is 11.6 Å². The van der Waals surface area contributed by atoms with Crippen LogP contribution in [0.1, 0.15) is 13.8 Å². The van der Waals surface area contributed by atoms with Gasteiger partial charge in [-0.05, 0) is 32.0 Å². The molecule has 23 heavy (non-hydrogen) atoms. The number of ether oxygens (including phenoxy) is 1. The molecule has 0 spiro atoms. The van der Waals surface area contributed by atoms with Gasteiger partial charge in [-0.25, -0.2) is 0 Å². The Morgan fingerprint density at radius 3 is 2.65 bits per heavy atom. The first-order valence-electron chi connectivity index (χ1n) is 7.17. The van der Waals surface area contributed by atoms with Crippen molar-refractivity contribution in [3.8, 4) is 6.07 Å². The Morgan fingerprint density at radius 2 is 2.04 bits per heavy atom. The molecule has 1 fully saturated rings. The first-order valence-corrected chi connectivity index (χ1v) is 7.93. The predicted octanol–water partition coefficient (Wildman–Crippen LogP) is 3.45. The van der Waals surface area contributed by atoms with Crippen LogP contribution >= 0.6 is 23.2 Å². The summed E-state index contributed by atoms with van der Waals surface area (Å²) in [4.78, 5) is 14.1. The highest BCUT2D eigenvalue weighted by Gasteiger charge is 2.27. The number of morpholine rings is 1. The van der Waals surface area contributed by atoms with Gasteiger partial charge < -0.3 is 15.0 Å². The number of halogens is 2. The summed E-state index contributed by atoms with van der Waals surface area (Å²) >= 11 is 12.0. The molecule has 0 radical (unpaired) electrons. The normalized spacial score (nSPS) is 21.7. The third-order valence-electron chi connectivity index (χ3n) is 3.36. The third kappa shape index (κ3) is 4.61. The van der Waals surface area contributed by atoms with Gasteiger partial charge in [0.25, 0.3) is 5.91 Å². The molecule has 1 heterocycles. The van der Waals surface area contributed by atoms with Crippen LogP contribution in [0.4, 0.5) is 5.69 Å². The van der Waals surface area contributed by atoms with Gasteiger partial charge in [-0.1, -0.05) is 23.2 Å². The highest BCUT2D eigenvalue weighted by atomic mass is 35.5. The number of carbonyl (C=O) groups excluding carboxylic acids is 1. The van der Waals surface area contributed by atoms with Crippen LogP contribution in [0.2, 0.25) is 10.0 Å². The second-order valence-electron chi connectivity index (χ2n) is 5.41. The summed E-state index contributed by atoms with van der Waals surface area (Å²) < 4.78 is 5.59. The minimum absolute atomic E-state index is 0.00217. The molecule has 0 aromatic heterocycles. The highest BCUT2D eigenvalue weighted by Crippen LogP contribution is 2.25. The Kier molecular flexibility index (Phi) is 5.89. The van der Waals surface area contributed by atoms with Crippen LogP contribution in [0.5, 0.6) is 0 Å². The zero-order chi connectivity index (χ0) is 17.0. The third-order valence-corrected chi connectivity index (χ3v) is 3.92. The Bertz CT molecular complexity index is 660. The van der Waals surface area contributed by atoms with E-state index in [4.69, 9.17) is 27.9 Å². The van der Waals surface area contributed by atoms with Gasteiger partial charge in [-0.3, -0.25) is 4.79 Å². The molecule has 0 aliphatic carbocycles. The van der Waals surface area contributed by atoms with Gasteiger partial charge in [0.2, 0.25) is 0 Å². The molecule has 1 saturated heterocycles. The molecule has 1 aromatic rings. The van der Waals surface area contributed by atoms with E-state index >= 15 is 0 Å². The summed E-state index contributed by atoms with van der Waals surface area (Å²) in [6, 6.07) is 6.84. The van der Waals surface area contributed by atoms with E-state index in [1.54, 1.807) is 23.1 Å². The number of benzene rings is 1. The standard InChI is InChI=1S/C16H17Cl2N3O2/c1-10-8-21(9-11(2)23-10)16(22)12(6-19)7-20-15-5-13(17)3-4-14(15)18/h3-5,7,10-11,20H,8-9H2,1-2H3/b12-7-.